The van der Waals surface area contributed by atoms with Gasteiger partial charge in [-0.05, 0) is 0 Å². The maximum atomic E-state index is 11.0. The topological polar surface area (TPSA) is 44.7 Å². The number of hydrogen-bond acceptors (Lipinski definition) is 3. The molecule has 0 aromatic carbocycles. The first-order chi connectivity index (χ1) is 4.88. The number of nitrogens with zero attached hydrogens (tertiary/aromatic N) is 2. The molecule has 2 rings (SSSR count). The zero-order valence-electron chi connectivity index (χ0n) is 5.58. The van der Waals surface area contributed by atoms with E-state index >= 15 is 0 Å². The van der Waals surface area contributed by atoms with Crippen molar-refractivity contribution in [1.29, 1.82) is 0 Å². The van der Waals surface area contributed by atoms with Crippen LogP contribution in [0.2, 0.25) is 0 Å². The molecule has 1 N–H and O–H groups in total. The van der Waals surface area contributed by atoms with Gasteiger partial charge in [0.2, 0.25) is 5.91 Å². The summed E-state index contributed by atoms with van der Waals surface area (Å²) in [7, 11) is 0. The van der Waals surface area contributed by atoms with Crippen LogP contribution in [0.4, 0.5) is 0 Å². The third kappa shape index (κ3) is 0.724. The predicted octanol–water partition coefficient (Wildman–Crippen LogP) is -1.17. The molecule has 10 heavy (non-hydrogen) atoms. The van der Waals surface area contributed by atoms with Crippen LogP contribution < -0.4 is 5.32 Å². The van der Waals surface area contributed by atoms with E-state index in [9.17, 15) is 4.79 Å². The van der Waals surface area contributed by atoms with Crippen molar-refractivity contribution in [2.75, 3.05) is 19.6 Å². The van der Waals surface area contributed by atoms with E-state index in [2.05, 4.69) is 10.3 Å². The number of amides is 1. The van der Waals surface area contributed by atoms with Gasteiger partial charge in [0.1, 0.15) is 0 Å². The van der Waals surface area contributed by atoms with Crippen LogP contribution >= 0.6 is 0 Å². The maximum Gasteiger partial charge on any atom is 0.242 e. The number of carbonyl (C=O) groups excluding carboxylic acids is 1. The number of nitrogens with one attached hydrogen (secondary N) is 1. The molecule has 54 valence electrons. The number of aliphatic imine (C=N–C) groups is 1. The molecular weight excluding hydrogens is 130 g/mol. The number of rotatable bonds is 0. The Labute approximate surface area is 58.9 Å². The third-order valence-corrected chi connectivity index (χ3v) is 1.86. The molecule has 0 aliphatic carbocycles. The minimum Gasteiger partial charge on any atom is -0.306 e. The Hall–Kier alpha value is -0.900. The molecule has 0 aromatic rings. The summed E-state index contributed by atoms with van der Waals surface area (Å²) in [6.45, 7) is 2.10. The average molecular weight is 139 g/mol. The zero-order valence-corrected chi connectivity index (χ0v) is 5.58. The lowest BCUT2D eigenvalue weighted by Gasteiger charge is -2.27. The molecule has 0 spiro atoms. The number of fused-ring (bicyclic) bond motifs is 1. The van der Waals surface area contributed by atoms with E-state index in [0.717, 1.165) is 13.1 Å². The van der Waals surface area contributed by atoms with Crippen molar-refractivity contribution in [1.82, 2.24) is 10.2 Å². The smallest absolute Gasteiger partial charge is 0.242 e. The van der Waals surface area contributed by atoms with Crippen LogP contribution in [0.3, 0.4) is 0 Å². The number of hydrogen-bond donors (Lipinski definition) is 1. The Balaban J connectivity index is 2.16. The largest absolute Gasteiger partial charge is 0.306 e. The molecule has 0 bridgehead atoms. The van der Waals surface area contributed by atoms with E-state index in [0.29, 0.717) is 12.6 Å². The summed E-state index contributed by atoms with van der Waals surface area (Å²) in [5.74, 6) is 0.137. The van der Waals surface area contributed by atoms with Gasteiger partial charge >= 0.3 is 0 Å². The van der Waals surface area contributed by atoms with Crippen LogP contribution in [0.15, 0.2) is 4.99 Å². The van der Waals surface area contributed by atoms with Crippen molar-refractivity contribution in [3.63, 3.8) is 0 Å². The molecule has 1 atom stereocenters. The van der Waals surface area contributed by atoms with Gasteiger partial charge in [0.25, 0.3) is 0 Å². The SMILES string of the molecule is O=C1CNCC2CN=CN12. The molecule has 4 nitrogen and oxygen atoms in total. The lowest BCUT2D eigenvalue weighted by Crippen LogP contribution is -2.52. The highest BCUT2D eigenvalue weighted by Gasteiger charge is 2.28. The fourth-order valence-electron chi connectivity index (χ4n) is 1.31. The average Bonchev–Trinajstić information content (AvgIpc) is 2.36. The van der Waals surface area contributed by atoms with E-state index in [1.807, 2.05) is 0 Å². The minimum absolute atomic E-state index is 0.137. The second-order valence-electron chi connectivity index (χ2n) is 2.57. The molecule has 2 aliphatic rings. The van der Waals surface area contributed by atoms with Crippen molar-refractivity contribution in [2.45, 2.75) is 6.04 Å². The van der Waals surface area contributed by atoms with Gasteiger partial charge in [-0.2, -0.15) is 0 Å². The van der Waals surface area contributed by atoms with Gasteiger partial charge in [-0.15, -0.1) is 0 Å². The second-order valence-corrected chi connectivity index (χ2v) is 2.57. The van der Waals surface area contributed by atoms with E-state index in [1.165, 1.54) is 0 Å². The van der Waals surface area contributed by atoms with Crippen LogP contribution in [0.1, 0.15) is 0 Å². The van der Waals surface area contributed by atoms with Crippen LogP contribution in [0, 0.1) is 0 Å². The Morgan fingerprint density at radius 3 is 3.50 bits per heavy atom. The van der Waals surface area contributed by atoms with Crippen LogP contribution in [-0.2, 0) is 4.79 Å². The fraction of sp³-hybridized carbons (Fsp3) is 0.667. The highest BCUT2D eigenvalue weighted by atomic mass is 16.2. The quantitative estimate of drug-likeness (QED) is 0.459. The highest BCUT2D eigenvalue weighted by molar-refractivity contribution is 5.91. The highest BCUT2D eigenvalue weighted by Crippen LogP contribution is 2.07. The normalized spacial score (nSPS) is 31.0. The third-order valence-electron chi connectivity index (χ3n) is 1.86. The Kier molecular flexibility index (Phi) is 1.20. The Bertz CT molecular complexity index is 189. The summed E-state index contributed by atoms with van der Waals surface area (Å²) >= 11 is 0. The maximum absolute atomic E-state index is 11.0. The molecule has 0 saturated carbocycles. The molecule has 1 fully saturated rings. The number of piperazine rings is 1. The van der Waals surface area contributed by atoms with E-state index in [4.69, 9.17) is 0 Å². The van der Waals surface area contributed by atoms with Crippen LogP contribution in [0.25, 0.3) is 0 Å². The van der Waals surface area contributed by atoms with Gasteiger partial charge in [-0.3, -0.25) is 14.7 Å². The zero-order chi connectivity index (χ0) is 6.97. The predicted molar refractivity (Wildman–Crippen MR) is 36.9 cm³/mol. The molecule has 2 aliphatic heterocycles. The molecule has 1 amide bonds. The molecule has 0 aromatic heterocycles. The van der Waals surface area contributed by atoms with Crippen molar-refractivity contribution < 1.29 is 4.79 Å². The van der Waals surface area contributed by atoms with Gasteiger partial charge in [-0.25, -0.2) is 0 Å². The van der Waals surface area contributed by atoms with Crippen molar-refractivity contribution in [2.24, 2.45) is 4.99 Å². The molecule has 4 heteroatoms. The lowest BCUT2D eigenvalue weighted by atomic mass is 10.2. The monoisotopic (exact) mass is 139 g/mol. The van der Waals surface area contributed by atoms with Crippen molar-refractivity contribution >= 4 is 12.2 Å². The van der Waals surface area contributed by atoms with Crippen molar-refractivity contribution in [3.8, 4) is 0 Å². The first-order valence-electron chi connectivity index (χ1n) is 3.40. The summed E-state index contributed by atoms with van der Waals surface area (Å²) in [6.07, 6.45) is 1.65. The van der Waals surface area contributed by atoms with Crippen LogP contribution in [0.5, 0.6) is 0 Å². The first-order valence-corrected chi connectivity index (χ1v) is 3.40. The Morgan fingerprint density at radius 1 is 1.80 bits per heavy atom. The van der Waals surface area contributed by atoms with Gasteiger partial charge in [-0.1, -0.05) is 0 Å². The first kappa shape index (κ1) is 5.85. The standard InChI is InChI=1S/C6H9N3O/c10-6-3-7-1-5-2-8-4-9(5)6/h4-5,7H,1-3H2. The van der Waals surface area contributed by atoms with Gasteiger partial charge < -0.3 is 5.32 Å². The van der Waals surface area contributed by atoms with Crippen LogP contribution in [-0.4, -0.2) is 42.8 Å². The summed E-state index contributed by atoms with van der Waals surface area (Å²) < 4.78 is 0. The summed E-state index contributed by atoms with van der Waals surface area (Å²) in [6, 6.07) is 0.293. The van der Waals surface area contributed by atoms with Crippen molar-refractivity contribution in [3.05, 3.63) is 0 Å². The van der Waals surface area contributed by atoms with E-state index in [1.54, 1.807) is 11.2 Å². The molecule has 2 heterocycles. The van der Waals surface area contributed by atoms with Gasteiger partial charge in [0.15, 0.2) is 0 Å². The van der Waals surface area contributed by atoms with E-state index in [-0.39, 0.29) is 5.91 Å². The molecule has 1 saturated heterocycles. The fourth-order valence-corrected chi connectivity index (χ4v) is 1.31. The Morgan fingerprint density at radius 2 is 2.70 bits per heavy atom. The molecule has 1 unspecified atom stereocenters. The van der Waals surface area contributed by atoms with Gasteiger partial charge in [0.05, 0.1) is 25.5 Å². The lowest BCUT2D eigenvalue weighted by molar-refractivity contribution is -0.128. The van der Waals surface area contributed by atoms with E-state index < -0.39 is 0 Å². The second kappa shape index (κ2) is 2.05. The molecular formula is C6H9N3O. The summed E-state index contributed by atoms with van der Waals surface area (Å²) in [5, 5.41) is 3.03. The van der Waals surface area contributed by atoms with Gasteiger partial charge in [0, 0.05) is 6.54 Å². The minimum atomic E-state index is 0.137. The summed E-state index contributed by atoms with van der Waals surface area (Å²) in [4.78, 5) is 16.8. The molecule has 0 radical (unpaired) electrons. The summed E-state index contributed by atoms with van der Waals surface area (Å²) in [5.41, 5.74) is 0. The number of carbonyl (C=O) groups is 1.